The number of nitrogens with zero attached hydrogens (tertiary/aromatic N) is 1. The molecule has 2 aliphatic heterocycles. The molecule has 3 atom stereocenters. The predicted molar refractivity (Wildman–Crippen MR) is 96.7 cm³/mol. The Morgan fingerprint density at radius 2 is 1.93 bits per heavy atom. The minimum Gasteiger partial charge on any atom is -0.480 e. The van der Waals surface area contributed by atoms with Crippen LogP contribution < -0.4 is 5.32 Å². The van der Waals surface area contributed by atoms with Gasteiger partial charge in [0.2, 0.25) is 5.91 Å². The molecule has 0 saturated carbocycles. The van der Waals surface area contributed by atoms with Crippen LogP contribution in [0.5, 0.6) is 0 Å². The summed E-state index contributed by atoms with van der Waals surface area (Å²) < 4.78 is 0. The summed E-state index contributed by atoms with van der Waals surface area (Å²) in [6.07, 6.45) is 1.39. The third kappa shape index (κ3) is 3.21. The second kappa shape index (κ2) is 7.28. The number of rotatable bonds is 6. The number of aliphatic carboxylic acids is 2. The van der Waals surface area contributed by atoms with Crippen molar-refractivity contribution in [3.63, 3.8) is 0 Å². The fourth-order valence-corrected chi connectivity index (χ4v) is 4.43. The van der Waals surface area contributed by atoms with E-state index in [-0.39, 0.29) is 5.70 Å². The molecule has 9 heteroatoms. The van der Waals surface area contributed by atoms with Gasteiger partial charge in [-0.2, -0.15) is 0 Å². The number of nitrogens with one attached hydrogen (secondary N) is 1. The molecule has 0 aromatic heterocycles. The Bertz CT molecular complexity index is 866. The number of amides is 2. The average molecular weight is 388 g/mol. The molecule has 1 aromatic carbocycles. The van der Waals surface area contributed by atoms with Gasteiger partial charge < -0.3 is 15.5 Å². The van der Waals surface area contributed by atoms with Crippen LogP contribution >= 0.6 is 11.8 Å². The first-order valence-electron chi connectivity index (χ1n) is 7.98. The topological polar surface area (TPSA) is 124 Å². The van der Waals surface area contributed by atoms with Crippen LogP contribution in [0.1, 0.15) is 11.5 Å². The number of thioether (sulfide) groups is 1. The summed E-state index contributed by atoms with van der Waals surface area (Å²) in [6, 6.07) is 6.99. The first-order valence-corrected chi connectivity index (χ1v) is 9.03. The molecule has 1 saturated heterocycles. The van der Waals surface area contributed by atoms with Crippen molar-refractivity contribution in [3.8, 4) is 0 Å². The summed E-state index contributed by atoms with van der Waals surface area (Å²) >= 11 is 1.29. The molecule has 2 aliphatic rings. The van der Waals surface area contributed by atoms with Crippen molar-refractivity contribution in [1.29, 1.82) is 0 Å². The van der Waals surface area contributed by atoms with Gasteiger partial charge in [0.05, 0.1) is 0 Å². The van der Waals surface area contributed by atoms with Gasteiger partial charge in [-0.05, 0) is 11.1 Å². The van der Waals surface area contributed by atoms with E-state index in [9.17, 15) is 29.4 Å². The number of fused-ring (bicyclic) bond motifs is 1. The van der Waals surface area contributed by atoms with Gasteiger partial charge in [-0.25, -0.2) is 4.79 Å². The molecule has 0 spiro atoms. The van der Waals surface area contributed by atoms with Crippen molar-refractivity contribution in [2.75, 3.05) is 5.75 Å². The highest BCUT2D eigenvalue weighted by molar-refractivity contribution is 8.00. The van der Waals surface area contributed by atoms with Crippen LogP contribution in [0.25, 0.3) is 0 Å². The van der Waals surface area contributed by atoms with Crippen LogP contribution in [0.4, 0.5) is 0 Å². The normalized spacial score (nSPS) is 22.4. The van der Waals surface area contributed by atoms with Gasteiger partial charge in [-0.15, -0.1) is 11.8 Å². The largest absolute Gasteiger partial charge is 0.480 e. The Morgan fingerprint density at radius 1 is 1.26 bits per heavy atom. The molecule has 27 heavy (non-hydrogen) atoms. The molecule has 0 bridgehead atoms. The third-order valence-electron chi connectivity index (χ3n) is 4.39. The maximum absolute atomic E-state index is 12.5. The van der Waals surface area contributed by atoms with Crippen LogP contribution in [-0.4, -0.2) is 56.0 Å². The molecule has 1 fully saturated rings. The Kier molecular flexibility index (Phi) is 5.04. The van der Waals surface area contributed by atoms with E-state index >= 15 is 0 Å². The molecule has 1 aromatic rings. The zero-order chi connectivity index (χ0) is 19.7. The van der Waals surface area contributed by atoms with Crippen LogP contribution in [0.2, 0.25) is 0 Å². The van der Waals surface area contributed by atoms with Crippen LogP contribution in [0.3, 0.4) is 0 Å². The lowest BCUT2D eigenvalue weighted by Gasteiger charge is -2.49. The molecule has 1 unspecified atom stereocenters. The molecule has 0 aliphatic carbocycles. The first-order chi connectivity index (χ1) is 12.9. The van der Waals surface area contributed by atoms with Crippen molar-refractivity contribution >= 4 is 35.5 Å². The smallest absolute Gasteiger partial charge is 0.352 e. The van der Waals surface area contributed by atoms with E-state index in [1.807, 2.05) is 0 Å². The number of carboxylic acids is 2. The van der Waals surface area contributed by atoms with Crippen molar-refractivity contribution in [1.82, 2.24) is 10.2 Å². The predicted octanol–water partition coefficient (Wildman–Crippen LogP) is 0.779. The van der Waals surface area contributed by atoms with Crippen LogP contribution in [-0.2, 0) is 19.2 Å². The molecule has 0 radical (unpaired) electrons. The number of carboxylic acid groups (broad SMARTS) is 2. The second-order valence-corrected chi connectivity index (χ2v) is 7.07. The molecule has 2 amide bonds. The lowest BCUT2D eigenvalue weighted by atomic mass is 9.96. The third-order valence-corrected chi connectivity index (χ3v) is 5.69. The molecular weight excluding hydrogens is 372 g/mol. The van der Waals surface area contributed by atoms with Crippen LogP contribution in [0, 0.1) is 0 Å². The van der Waals surface area contributed by atoms with Crippen LogP contribution in [0.15, 0.2) is 54.3 Å². The van der Waals surface area contributed by atoms with E-state index in [0.29, 0.717) is 16.9 Å². The maximum atomic E-state index is 12.5. The summed E-state index contributed by atoms with van der Waals surface area (Å²) in [5.74, 6) is -5.12. The SMILES string of the molecule is C=CC1=C(C(=O)O)N2C(=O)[C@@H](NC(=O)C(C(=O)O)c3ccccc3)[C@H]2SC1. The lowest BCUT2D eigenvalue weighted by molar-refractivity contribution is -0.152. The number of allylic oxidation sites excluding steroid dienone is 1. The zero-order valence-corrected chi connectivity index (χ0v) is 14.8. The van der Waals surface area contributed by atoms with Gasteiger partial charge in [0.15, 0.2) is 5.92 Å². The van der Waals surface area contributed by atoms with Crippen molar-refractivity contribution in [2.45, 2.75) is 17.3 Å². The van der Waals surface area contributed by atoms with E-state index < -0.39 is 41.1 Å². The maximum Gasteiger partial charge on any atom is 0.352 e. The van der Waals surface area contributed by atoms with Gasteiger partial charge in [-0.1, -0.05) is 43.0 Å². The van der Waals surface area contributed by atoms with Gasteiger partial charge in [-0.3, -0.25) is 19.3 Å². The molecule has 140 valence electrons. The summed E-state index contributed by atoms with van der Waals surface area (Å²) in [5.41, 5.74) is 0.569. The summed E-state index contributed by atoms with van der Waals surface area (Å²) in [4.78, 5) is 49.1. The number of hydrogen-bond acceptors (Lipinski definition) is 5. The minimum atomic E-state index is -1.46. The van der Waals surface area contributed by atoms with Gasteiger partial charge in [0.25, 0.3) is 5.91 Å². The van der Waals surface area contributed by atoms with Crippen molar-refractivity contribution in [2.24, 2.45) is 0 Å². The van der Waals surface area contributed by atoms with E-state index in [4.69, 9.17) is 0 Å². The molecule has 3 N–H and O–H groups in total. The number of hydrogen-bond donors (Lipinski definition) is 3. The highest BCUT2D eigenvalue weighted by Crippen LogP contribution is 2.40. The fraction of sp³-hybridized carbons (Fsp3) is 0.222. The molecule has 2 heterocycles. The summed E-state index contributed by atoms with van der Waals surface area (Å²) in [7, 11) is 0. The average Bonchev–Trinajstić information content (AvgIpc) is 2.65. The van der Waals surface area contributed by atoms with Gasteiger partial charge in [0.1, 0.15) is 17.1 Å². The zero-order valence-electron chi connectivity index (χ0n) is 14.0. The molecular formula is C18H16N2O6S. The monoisotopic (exact) mass is 388 g/mol. The first kappa shape index (κ1) is 18.7. The Balaban J connectivity index is 1.80. The van der Waals surface area contributed by atoms with E-state index in [1.54, 1.807) is 18.2 Å². The molecule has 3 rings (SSSR count). The summed E-state index contributed by atoms with van der Waals surface area (Å²) in [5, 5.41) is 20.7. The summed E-state index contributed by atoms with van der Waals surface area (Å²) in [6.45, 7) is 3.56. The van der Waals surface area contributed by atoms with Crippen molar-refractivity contribution < 1.29 is 29.4 Å². The Morgan fingerprint density at radius 3 is 2.48 bits per heavy atom. The highest BCUT2D eigenvalue weighted by Gasteiger charge is 2.54. The minimum absolute atomic E-state index is 0.151. The Labute approximate surface area is 158 Å². The number of carbonyl (C=O) groups is 4. The standard InChI is InChI=1S/C18H16N2O6S/c1-2-9-8-27-16-12(15(22)20(16)13(9)18(25)26)19-14(21)11(17(23)24)10-6-4-3-5-7-10/h2-7,11-12,16H,1,8H2,(H,19,21)(H,23,24)(H,25,26)/t11?,12-,16-/m1/s1. The van der Waals surface area contributed by atoms with E-state index in [2.05, 4.69) is 11.9 Å². The number of β-lactam (4-membered cyclic amide) rings is 1. The van der Waals surface area contributed by atoms with E-state index in [0.717, 1.165) is 4.90 Å². The molecule has 8 nitrogen and oxygen atoms in total. The highest BCUT2D eigenvalue weighted by atomic mass is 32.2. The van der Waals surface area contributed by atoms with Gasteiger partial charge >= 0.3 is 11.9 Å². The number of carbonyl (C=O) groups excluding carboxylic acids is 2. The van der Waals surface area contributed by atoms with Gasteiger partial charge in [0, 0.05) is 5.75 Å². The number of benzene rings is 1. The van der Waals surface area contributed by atoms with E-state index in [1.165, 1.54) is 30.0 Å². The fourth-order valence-electron chi connectivity index (χ4n) is 3.09. The second-order valence-electron chi connectivity index (χ2n) is 5.96. The van der Waals surface area contributed by atoms with Crippen molar-refractivity contribution in [3.05, 3.63) is 59.8 Å². The Hall–Kier alpha value is -3.07. The quantitative estimate of drug-likeness (QED) is 0.486. The lowest BCUT2D eigenvalue weighted by Crippen LogP contribution is -2.71.